The van der Waals surface area contributed by atoms with Gasteiger partial charge in [0.05, 0.1) is 0 Å². The first-order valence-electron chi connectivity index (χ1n) is 8.18. The summed E-state index contributed by atoms with van der Waals surface area (Å²) in [6.45, 7) is 9.13. The number of benzene rings is 1. The zero-order chi connectivity index (χ0) is 14.5. The molecule has 1 aromatic rings. The maximum atomic E-state index is 6.47. The number of nitrogens with zero attached hydrogens (tertiary/aromatic N) is 1. The second-order valence-electron chi connectivity index (χ2n) is 6.50. The second kappa shape index (κ2) is 7.24. The summed E-state index contributed by atoms with van der Waals surface area (Å²) in [5, 5.41) is 0. The van der Waals surface area contributed by atoms with Crippen LogP contribution in [0.1, 0.15) is 56.7 Å². The van der Waals surface area contributed by atoms with E-state index in [2.05, 4.69) is 49.9 Å². The van der Waals surface area contributed by atoms with Gasteiger partial charge >= 0.3 is 0 Å². The molecule has 0 bridgehead atoms. The molecule has 3 atom stereocenters. The van der Waals surface area contributed by atoms with E-state index in [1.807, 2.05) is 0 Å². The summed E-state index contributed by atoms with van der Waals surface area (Å²) in [6, 6.07) is 9.51. The number of hydrogen-bond acceptors (Lipinski definition) is 2. The fraction of sp³-hybridized carbons (Fsp3) is 0.667. The Morgan fingerprint density at radius 3 is 2.80 bits per heavy atom. The fourth-order valence-corrected chi connectivity index (χ4v) is 3.37. The van der Waals surface area contributed by atoms with Gasteiger partial charge in [-0.1, -0.05) is 43.7 Å². The lowest BCUT2D eigenvalue weighted by molar-refractivity contribution is 0.174. The van der Waals surface area contributed by atoms with Gasteiger partial charge < -0.3 is 5.73 Å². The Labute approximate surface area is 124 Å². The van der Waals surface area contributed by atoms with Crippen LogP contribution in [-0.4, -0.2) is 24.0 Å². The molecule has 0 saturated carbocycles. The Balaban J connectivity index is 2.23. The van der Waals surface area contributed by atoms with Crippen LogP contribution in [0.15, 0.2) is 24.3 Å². The maximum Gasteiger partial charge on any atom is 0.0499 e. The first-order valence-corrected chi connectivity index (χ1v) is 8.18. The molecule has 2 rings (SSSR count). The third-order valence-electron chi connectivity index (χ3n) is 4.71. The van der Waals surface area contributed by atoms with Gasteiger partial charge in [0.25, 0.3) is 0 Å². The van der Waals surface area contributed by atoms with Crippen molar-refractivity contribution in [2.75, 3.05) is 13.1 Å². The van der Waals surface area contributed by atoms with Gasteiger partial charge in [0.2, 0.25) is 0 Å². The Kier molecular flexibility index (Phi) is 5.62. The highest BCUT2D eigenvalue weighted by atomic mass is 15.2. The van der Waals surface area contributed by atoms with Crippen molar-refractivity contribution in [3.63, 3.8) is 0 Å². The zero-order valence-corrected chi connectivity index (χ0v) is 13.3. The van der Waals surface area contributed by atoms with Crippen molar-refractivity contribution in [3.05, 3.63) is 35.4 Å². The van der Waals surface area contributed by atoms with Gasteiger partial charge in [0.15, 0.2) is 0 Å². The SMILES string of the molecule is CCC(N)C(c1cccc(C)c1)N1CCCC(C)CC1. The Hall–Kier alpha value is -0.860. The predicted molar refractivity (Wildman–Crippen MR) is 86.8 cm³/mol. The van der Waals surface area contributed by atoms with Crippen LogP contribution >= 0.6 is 0 Å². The van der Waals surface area contributed by atoms with E-state index < -0.39 is 0 Å². The Morgan fingerprint density at radius 2 is 2.10 bits per heavy atom. The molecule has 0 aromatic heterocycles. The van der Waals surface area contributed by atoms with Crippen molar-refractivity contribution in [1.82, 2.24) is 4.90 Å². The lowest BCUT2D eigenvalue weighted by Gasteiger charge is -2.35. The molecule has 1 aliphatic rings. The van der Waals surface area contributed by atoms with E-state index in [0.717, 1.165) is 12.3 Å². The molecule has 1 saturated heterocycles. The van der Waals surface area contributed by atoms with E-state index in [-0.39, 0.29) is 6.04 Å². The molecular weight excluding hydrogens is 244 g/mol. The largest absolute Gasteiger partial charge is 0.326 e. The van der Waals surface area contributed by atoms with Crippen molar-refractivity contribution < 1.29 is 0 Å². The number of likely N-dealkylation sites (tertiary alicyclic amines) is 1. The first kappa shape index (κ1) is 15.5. The Bertz CT molecular complexity index is 416. The predicted octanol–water partition coefficient (Wildman–Crippen LogP) is 3.90. The van der Waals surface area contributed by atoms with Crippen LogP contribution in [0.3, 0.4) is 0 Å². The average Bonchev–Trinajstić information content (AvgIpc) is 2.64. The second-order valence-corrected chi connectivity index (χ2v) is 6.50. The van der Waals surface area contributed by atoms with Crippen LogP contribution in [0.2, 0.25) is 0 Å². The quantitative estimate of drug-likeness (QED) is 0.902. The van der Waals surface area contributed by atoms with Crippen molar-refractivity contribution in [2.45, 2.75) is 58.5 Å². The van der Waals surface area contributed by atoms with Crippen LogP contribution in [0.4, 0.5) is 0 Å². The molecule has 2 N–H and O–H groups in total. The van der Waals surface area contributed by atoms with E-state index in [4.69, 9.17) is 5.73 Å². The highest BCUT2D eigenvalue weighted by molar-refractivity contribution is 5.26. The molecule has 0 amide bonds. The summed E-state index contributed by atoms with van der Waals surface area (Å²) in [4.78, 5) is 2.63. The summed E-state index contributed by atoms with van der Waals surface area (Å²) >= 11 is 0. The third-order valence-corrected chi connectivity index (χ3v) is 4.71. The molecule has 0 aliphatic carbocycles. The molecule has 20 heavy (non-hydrogen) atoms. The minimum Gasteiger partial charge on any atom is -0.326 e. The van der Waals surface area contributed by atoms with Crippen molar-refractivity contribution in [1.29, 1.82) is 0 Å². The Morgan fingerprint density at radius 1 is 1.30 bits per heavy atom. The topological polar surface area (TPSA) is 29.3 Å². The molecule has 2 nitrogen and oxygen atoms in total. The third kappa shape index (κ3) is 3.83. The van der Waals surface area contributed by atoms with E-state index >= 15 is 0 Å². The molecule has 2 heteroatoms. The zero-order valence-electron chi connectivity index (χ0n) is 13.3. The molecule has 1 aromatic carbocycles. The van der Waals surface area contributed by atoms with E-state index in [1.165, 1.54) is 43.5 Å². The van der Waals surface area contributed by atoms with Crippen molar-refractivity contribution in [2.24, 2.45) is 11.7 Å². The van der Waals surface area contributed by atoms with Gasteiger partial charge in [-0.05, 0) is 57.2 Å². The number of hydrogen-bond donors (Lipinski definition) is 1. The monoisotopic (exact) mass is 274 g/mol. The highest BCUT2D eigenvalue weighted by Crippen LogP contribution is 2.29. The van der Waals surface area contributed by atoms with Crippen LogP contribution in [0, 0.1) is 12.8 Å². The summed E-state index contributed by atoms with van der Waals surface area (Å²) in [6.07, 6.45) is 5.00. The average molecular weight is 274 g/mol. The molecule has 0 radical (unpaired) electrons. The molecule has 112 valence electrons. The molecule has 1 heterocycles. The lowest BCUT2D eigenvalue weighted by Crippen LogP contribution is -2.41. The summed E-state index contributed by atoms with van der Waals surface area (Å²) in [5.41, 5.74) is 9.20. The molecule has 1 aliphatic heterocycles. The van der Waals surface area contributed by atoms with Gasteiger partial charge in [-0.2, -0.15) is 0 Å². The molecule has 0 spiro atoms. The minimum absolute atomic E-state index is 0.227. The summed E-state index contributed by atoms with van der Waals surface area (Å²) in [5.74, 6) is 0.857. The van der Waals surface area contributed by atoms with Gasteiger partial charge in [0, 0.05) is 12.1 Å². The lowest BCUT2D eigenvalue weighted by atomic mass is 9.95. The highest BCUT2D eigenvalue weighted by Gasteiger charge is 2.27. The molecule has 1 fully saturated rings. The van der Waals surface area contributed by atoms with Gasteiger partial charge in [0.1, 0.15) is 0 Å². The standard InChI is InChI=1S/C18H30N2/c1-4-17(19)18(16-9-5-7-15(3)13-16)20-11-6-8-14(2)10-12-20/h5,7,9,13-14,17-18H,4,6,8,10-12,19H2,1-3H3. The minimum atomic E-state index is 0.227. The van der Waals surface area contributed by atoms with Crippen molar-refractivity contribution >= 4 is 0 Å². The van der Waals surface area contributed by atoms with Crippen LogP contribution in [-0.2, 0) is 0 Å². The van der Waals surface area contributed by atoms with Crippen molar-refractivity contribution in [3.8, 4) is 0 Å². The summed E-state index contributed by atoms with van der Waals surface area (Å²) < 4.78 is 0. The van der Waals surface area contributed by atoms with Gasteiger partial charge in [-0.15, -0.1) is 0 Å². The maximum absolute atomic E-state index is 6.47. The van der Waals surface area contributed by atoms with Gasteiger partial charge in [-0.3, -0.25) is 4.90 Å². The van der Waals surface area contributed by atoms with Crippen LogP contribution < -0.4 is 5.73 Å². The smallest absolute Gasteiger partial charge is 0.0499 e. The molecular formula is C18H30N2. The van der Waals surface area contributed by atoms with E-state index in [9.17, 15) is 0 Å². The van der Waals surface area contributed by atoms with Crippen LogP contribution in [0.25, 0.3) is 0 Å². The van der Waals surface area contributed by atoms with E-state index in [0.29, 0.717) is 6.04 Å². The van der Waals surface area contributed by atoms with Gasteiger partial charge in [-0.25, -0.2) is 0 Å². The first-order chi connectivity index (χ1) is 9.61. The number of nitrogens with two attached hydrogens (primary N) is 1. The number of aryl methyl sites for hydroxylation is 1. The van der Waals surface area contributed by atoms with E-state index in [1.54, 1.807) is 0 Å². The number of rotatable bonds is 4. The summed E-state index contributed by atoms with van der Waals surface area (Å²) in [7, 11) is 0. The van der Waals surface area contributed by atoms with Crippen LogP contribution in [0.5, 0.6) is 0 Å². The molecule has 3 unspecified atom stereocenters. The fourth-order valence-electron chi connectivity index (χ4n) is 3.37. The normalized spacial score (nSPS) is 24.1.